The molecule has 1 saturated heterocycles. The molecule has 0 saturated carbocycles. The van der Waals surface area contributed by atoms with E-state index < -0.39 is 0 Å². The maximum Gasteiger partial charge on any atom is 0.253 e. The summed E-state index contributed by atoms with van der Waals surface area (Å²) in [5.41, 5.74) is 3.53. The highest BCUT2D eigenvalue weighted by atomic mass is 16.2. The Morgan fingerprint density at radius 3 is 2.50 bits per heavy atom. The quantitative estimate of drug-likeness (QED) is 0.840. The van der Waals surface area contributed by atoms with Crippen LogP contribution in [0.5, 0.6) is 0 Å². The SMILES string of the molecule is CCC(=O)N1CCCN(C(=O)c2ccc3c(c2)CCC3)CC1. The van der Waals surface area contributed by atoms with Crippen molar-refractivity contribution < 1.29 is 9.59 Å². The molecule has 2 amide bonds. The number of nitrogens with zero attached hydrogens (tertiary/aromatic N) is 2. The number of carbonyl (C=O) groups is 2. The van der Waals surface area contributed by atoms with Gasteiger partial charge in [0.05, 0.1) is 0 Å². The van der Waals surface area contributed by atoms with Crippen LogP contribution in [0.1, 0.15) is 47.7 Å². The van der Waals surface area contributed by atoms with E-state index in [1.807, 2.05) is 22.8 Å². The lowest BCUT2D eigenvalue weighted by molar-refractivity contribution is -0.130. The minimum absolute atomic E-state index is 0.112. The first-order chi connectivity index (χ1) is 10.7. The van der Waals surface area contributed by atoms with Crippen LogP contribution < -0.4 is 0 Å². The summed E-state index contributed by atoms with van der Waals surface area (Å²) in [6.07, 6.45) is 4.84. The van der Waals surface area contributed by atoms with Gasteiger partial charge in [0.25, 0.3) is 5.91 Å². The van der Waals surface area contributed by atoms with Gasteiger partial charge in [-0.15, -0.1) is 0 Å². The van der Waals surface area contributed by atoms with Gasteiger partial charge in [0.1, 0.15) is 0 Å². The number of hydrogen-bond donors (Lipinski definition) is 0. The van der Waals surface area contributed by atoms with E-state index in [2.05, 4.69) is 12.1 Å². The Morgan fingerprint density at radius 2 is 1.68 bits per heavy atom. The second kappa shape index (κ2) is 6.51. The van der Waals surface area contributed by atoms with Crippen LogP contribution in [0.15, 0.2) is 18.2 Å². The van der Waals surface area contributed by atoms with E-state index in [0.717, 1.165) is 37.9 Å². The molecule has 0 atom stereocenters. The fourth-order valence-corrected chi connectivity index (χ4v) is 3.48. The van der Waals surface area contributed by atoms with Crippen LogP contribution in [0, 0.1) is 0 Å². The Kier molecular flexibility index (Phi) is 4.46. The minimum atomic E-state index is 0.112. The molecule has 2 aliphatic rings. The second-order valence-electron chi connectivity index (χ2n) is 6.22. The van der Waals surface area contributed by atoms with Gasteiger partial charge in [0.15, 0.2) is 0 Å². The lowest BCUT2D eigenvalue weighted by atomic mass is 10.1. The van der Waals surface area contributed by atoms with Crippen LogP contribution in [-0.4, -0.2) is 47.8 Å². The zero-order valence-corrected chi connectivity index (χ0v) is 13.3. The molecule has 22 heavy (non-hydrogen) atoms. The van der Waals surface area contributed by atoms with Crippen LogP contribution in [0.2, 0.25) is 0 Å². The summed E-state index contributed by atoms with van der Waals surface area (Å²) < 4.78 is 0. The molecule has 0 unspecified atom stereocenters. The topological polar surface area (TPSA) is 40.6 Å². The van der Waals surface area contributed by atoms with E-state index in [1.165, 1.54) is 17.5 Å². The number of rotatable bonds is 2. The van der Waals surface area contributed by atoms with Crippen LogP contribution in [-0.2, 0) is 17.6 Å². The zero-order valence-electron chi connectivity index (χ0n) is 13.3. The number of aryl methyl sites for hydroxylation is 2. The maximum atomic E-state index is 12.7. The standard InChI is InChI=1S/C18H24N2O2/c1-2-17(21)19-9-4-10-20(12-11-19)18(22)16-8-7-14-5-3-6-15(14)13-16/h7-8,13H,2-6,9-12H2,1H3. The summed E-state index contributed by atoms with van der Waals surface area (Å²) in [4.78, 5) is 28.3. The van der Waals surface area contributed by atoms with E-state index in [-0.39, 0.29) is 11.8 Å². The number of fused-ring (bicyclic) bond motifs is 1. The molecule has 0 bridgehead atoms. The summed E-state index contributed by atoms with van der Waals surface area (Å²) in [6.45, 7) is 4.69. The first-order valence-corrected chi connectivity index (χ1v) is 8.38. The van der Waals surface area contributed by atoms with Gasteiger partial charge >= 0.3 is 0 Å². The van der Waals surface area contributed by atoms with Crippen molar-refractivity contribution in [1.82, 2.24) is 9.80 Å². The highest BCUT2D eigenvalue weighted by molar-refractivity contribution is 5.94. The van der Waals surface area contributed by atoms with Crippen molar-refractivity contribution in [3.63, 3.8) is 0 Å². The van der Waals surface area contributed by atoms with Gasteiger partial charge in [0.2, 0.25) is 5.91 Å². The average molecular weight is 300 g/mol. The van der Waals surface area contributed by atoms with Gasteiger partial charge in [-0.05, 0) is 48.9 Å². The summed E-state index contributed by atoms with van der Waals surface area (Å²) in [5, 5.41) is 0. The molecule has 0 N–H and O–H groups in total. The second-order valence-corrected chi connectivity index (χ2v) is 6.22. The van der Waals surface area contributed by atoms with Gasteiger partial charge < -0.3 is 9.80 Å². The molecule has 0 aromatic heterocycles. The van der Waals surface area contributed by atoms with E-state index in [0.29, 0.717) is 19.5 Å². The van der Waals surface area contributed by atoms with Crippen molar-refractivity contribution in [2.24, 2.45) is 0 Å². The summed E-state index contributed by atoms with van der Waals surface area (Å²) in [7, 11) is 0. The molecule has 4 nitrogen and oxygen atoms in total. The molecule has 4 heteroatoms. The fourth-order valence-electron chi connectivity index (χ4n) is 3.48. The Hall–Kier alpha value is -1.84. The summed E-state index contributed by atoms with van der Waals surface area (Å²) in [5.74, 6) is 0.298. The maximum absolute atomic E-state index is 12.7. The smallest absolute Gasteiger partial charge is 0.253 e. The van der Waals surface area contributed by atoms with Crippen LogP contribution in [0.4, 0.5) is 0 Å². The van der Waals surface area contributed by atoms with Crippen molar-refractivity contribution in [3.05, 3.63) is 34.9 Å². The molecule has 118 valence electrons. The Morgan fingerprint density at radius 1 is 0.955 bits per heavy atom. The Bertz CT molecular complexity index is 582. The highest BCUT2D eigenvalue weighted by Crippen LogP contribution is 2.23. The Balaban J connectivity index is 1.69. The van der Waals surface area contributed by atoms with Crippen molar-refractivity contribution in [2.45, 2.75) is 39.0 Å². The van der Waals surface area contributed by atoms with Gasteiger partial charge in [0, 0.05) is 38.2 Å². The third kappa shape index (κ3) is 3.01. The van der Waals surface area contributed by atoms with Crippen LogP contribution in [0.3, 0.4) is 0 Å². The van der Waals surface area contributed by atoms with E-state index in [9.17, 15) is 9.59 Å². The van der Waals surface area contributed by atoms with Crippen LogP contribution in [0.25, 0.3) is 0 Å². The molecular weight excluding hydrogens is 276 g/mol. The van der Waals surface area contributed by atoms with E-state index in [1.54, 1.807) is 0 Å². The molecule has 1 fully saturated rings. The largest absolute Gasteiger partial charge is 0.341 e. The third-order valence-electron chi connectivity index (χ3n) is 4.78. The average Bonchev–Trinajstić information content (AvgIpc) is 2.88. The van der Waals surface area contributed by atoms with Gasteiger partial charge in [-0.2, -0.15) is 0 Å². The lowest BCUT2D eigenvalue weighted by Gasteiger charge is -2.22. The van der Waals surface area contributed by atoms with Crippen molar-refractivity contribution in [2.75, 3.05) is 26.2 Å². The van der Waals surface area contributed by atoms with Crippen molar-refractivity contribution in [1.29, 1.82) is 0 Å². The van der Waals surface area contributed by atoms with E-state index >= 15 is 0 Å². The first kappa shape index (κ1) is 15.1. The normalized spacial score (nSPS) is 18.0. The molecule has 0 spiro atoms. The highest BCUT2D eigenvalue weighted by Gasteiger charge is 2.23. The van der Waals surface area contributed by atoms with Gasteiger partial charge in [-0.25, -0.2) is 0 Å². The van der Waals surface area contributed by atoms with Gasteiger partial charge in [-0.3, -0.25) is 9.59 Å². The molecule has 1 aromatic rings. The lowest BCUT2D eigenvalue weighted by Crippen LogP contribution is -2.37. The first-order valence-electron chi connectivity index (χ1n) is 8.38. The fraction of sp³-hybridized carbons (Fsp3) is 0.556. The molecule has 0 radical (unpaired) electrons. The third-order valence-corrected chi connectivity index (χ3v) is 4.78. The number of carbonyl (C=O) groups excluding carboxylic acids is 2. The molecule has 1 aliphatic carbocycles. The minimum Gasteiger partial charge on any atom is -0.341 e. The predicted molar refractivity (Wildman–Crippen MR) is 85.9 cm³/mol. The monoisotopic (exact) mass is 300 g/mol. The Labute approximate surface area is 132 Å². The van der Waals surface area contributed by atoms with Crippen molar-refractivity contribution >= 4 is 11.8 Å². The molecular formula is C18H24N2O2. The summed E-state index contributed by atoms with van der Waals surface area (Å²) in [6, 6.07) is 6.15. The van der Waals surface area contributed by atoms with Gasteiger partial charge in [-0.1, -0.05) is 13.0 Å². The molecule has 1 aromatic carbocycles. The molecule has 3 rings (SSSR count). The number of benzene rings is 1. The number of hydrogen-bond acceptors (Lipinski definition) is 2. The molecule has 1 heterocycles. The predicted octanol–water partition coefficient (Wildman–Crippen LogP) is 2.26. The van der Waals surface area contributed by atoms with Crippen LogP contribution >= 0.6 is 0 Å². The molecule has 1 aliphatic heterocycles. The zero-order chi connectivity index (χ0) is 15.5. The van der Waals surface area contributed by atoms with E-state index in [4.69, 9.17) is 0 Å². The van der Waals surface area contributed by atoms with Crippen molar-refractivity contribution in [3.8, 4) is 0 Å². The number of amides is 2. The summed E-state index contributed by atoms with van der Waals surface area (Å²) >= 11 is 0.